The fraction of sp³-hybridized carbons (Fsp3) is 0.385. The number of fused-ring (bicyclic) bond motifs is 2. The molecular formula is C13H14N2O. The third kappa shape index (κ3) is 1.35. The lowest BCUT2D eigenvalue weighted by Gasteiger charge is -2.19. The summed E-state index contributed by atoms with van der Waals surface area (Å²) in [6, 6.07) is 6.08. The van der Waals surface area contributed by atoms with E-state index in [1.165, 1.54) is 0 Å². The Morgan fingerprint density at radius 2 is 2.31 bits per heavy atom. The average Bonchev–Trinajstić information content (AvgIpc) is 2.70. The van der Waals surface area contributed by atoms with E-state index in [1.807, 2.05) is 36.2 Å². The van der Waals surface area contributed by atoms with Crippen molar-refractivity contribution < 1.29 is 4.79 Å². The fourth-order valence-electron chi connectivity index (χ4n) is 2.45. The van der Waals surface area contributed by atoms with Gasteiger partial charge in [-0.15, -0.1) is 0 Å². The molecule has 0 radical (unpaired) electrons. The molecule has 3 rings (SSSR count). The van der Waals surface area contributed by atoms with Crippen molar-refractivity contribution in [2.24, 2.45) is 4.99 Å². The van der Waals surface area contributed by atoms with Gasteiger partial charge in [0.15, 0.2) is 0 Å². The minimum absolute atomic E-state index is 0.138. The molecule has 1 saturated heterocycles. The number of amides is 1. The molecule has 3 heteroatoms. The van der Waals surface area contributed by atoms with E-state index in [9.17, 15) is 4.79 Å². The molecule has 0 aliphatic carbocycles. The summed E-state index contributed by atoms with van der Waals surface area (Å²) >= 11 is 0. The number of hydrogen-bond donors (Lipinski definition) is 0. The van der Waals surface area contributed by atoms with Crippen LogP contribution in [0, 0.1) is 6.92 Å². The third-order valence-electron chi connectivity index (χ3n) is 3.33. The minimum Gasteiger partial charge on any atom is -0.331 e. The SMILES string of the molecule is Cc1ccc2c(c1)C(=O)N1CCC[C@H]1C=N2. The number of hydrogen-bond acceptors (Lipinski definition) is 2. The molecule has 1 fully saturated rings. The number of aliphatic imine (C=N–C) groups is 1. The maximum atomic E-state index is 12.3. The van der Waals surface area contributed by atoms with Crippen molar-refractivity contribution in [2.45, 2.75) is 25.8 Å². The number of rotatable bonds is 0. The molecule has 82 valence electrons. The lowest BCUT2D eigenvalue weighted by Crippen LogP contribution is -2.35. The Morgan fingerprint density at radius 1 is 1.44 bits per heavy atom. The second kappa shape index (κ2) is 3.44. The molecule has 1 atom stereocenters. The summed E-state index contributed by atoms with van der Waals surface area (Å²) in [6.07, 6.45) is 4.05. The molecular weight excluding hydrogens is 200 g/mol. The van der Waals surface area contributed by atoms with Gasteiger partial charge in [-0.25, -0.2) is 0 Å². The van der Waals surface area contributed by atoms with Gasteiger partial charge in [0.2, 0.25) is 0 Å². The van der Waals surface area contributed by atoms with Gasteiger partial charge in [-0.1, -0.05) is 11.6 Å². The van der Waals surface area contributed by atoms with E-state index in [1.54, 1.807) is 0 Å². The Hall–Kier alpha value is -1.64. The summed E-state index contributed by atoms with van der Waals surface area (Å²) in [4.78, 5) is 18.7. The quantitative estimate of drug-likeness (QED) is 0.652. The van der Waals surface area contributed by atoms with E-state index in [-0.39, 0.29) is 11.9 Å². The molecule has 1 aromatic rings. The van der Waals surface area contributed by atoms with Crippen molar-refractivity contribution in [2.75, 3.05) is 6.54 Å². The Morgan fingerprint density at radius 3 is 3.19 bits per heavy atom. The predicted molar refractivity (Wildman–Crippen MR) is 63.4 cm³/mol. The highest BCUT2D eigenvalue weighted by molar-refractivity contribution is 6.02. The molecule has 16 heavy (non-hydrogen) atoms. The van der Waals surface area contributed by atoms with Crippen LogP contribution >= 0.6 is 0 Å². The van der Waals surface area contributed by atoms with E-state index in [0.29, 0.717) is 0 Å². The Labute approximate surface area is 94.8 Å². The lowest BCUT2D eigenvalue weighted by molar-refractivity contribution is 0.0775. The molecule has 2 aliphatic rings. The van der Waals surface area contributed by atoms with Gasteiger partial charge in [-0.2, -0.15) is 0 Å². The molecule has 0 N–H and O–H groups in total. The van der Waals surface area contributed by atoms with Gasteiger partial charge in [0, 0.05) is 12.8 Å². The van der Waals surface area contributed by atoms with Gasteiger partial charge in [0.05, 0.1) is 17.3 Å². The van der Waals surface area contributed by atoms with Crippen LogP contribution in [0.4, 0.5) is 5.69 Å². The summed E-state index contributed by atoms with van der Waals surface area (Å²) in [6.45, 7) is 2.87. The summed E-state index contributed by atoms with van der Waals surface area (Å²) < 4.78 is 0. The number of nitrogens with zero attached hydrogens (tertiary/aromatic N) is 2. The topological polar surface area (TPSA) is 32.7 Å². The highest BCUT2D eigenvalue weighted by Crippen LogP contribution is 2.29. The second-order valence-electron chi connectivity index (χ2n) is 4.51. The first kappa shape index (κ1) is 9.58. The first-order valence-corrected chi connectivity index (χ1v) is 5.71. The lowest BCUT2D eigenvalue weighted by atomic mass is 10.1. The first-order valence-electron chi connectivity index (χ1n) is 5.71. The van der Waals surface area contributed by atoms with E-state index >= 15 is 0 Å². The zero-order chi connectivity index (χ0) is 11.1. The minimum atomic E-state index is 0.138. The molecule has 0 aromatic heterocycles. The van der Waals surface area contributed by atoms with Crippen molar-refractivity contribution in [1.82, 2.24) is 4.90 Å². The molecule has 0 unspecified atom stereocenters. The molecule has 3 nitrogen and oxygen atoms in total. The van der Waals surface area contributed by atoms with Crippen molar-refractivity contribution in [1.29, 1.82) is 0 Å². The maximum absolute atomic E-state index is 12.3. The van der Waals surface area contributed by atoms with Crippen molar-refractivity contribution in [3.63, 3.8) is 0 Å². The molecule has 0 spiro atoms. The van der Waals surface area contributed by atoms with Gasteiger partial charge in [-0.05, 0) is 31.9 Å². The van der Waals surface area contributed by atoms with Crippen LogP contribution in [0.25, 0.3) is 0 Å². The van der Waals surface area contributed by atoms with Crippen LogP contribution in [-0.2, 0) is 0 Å². The highest BCUT2D eigenvalue weighted by Gasteiger charge is 2.31. The van der Waals surface area contributed by atoms with Crippen LogP contribution in [-0.4, -0.2) is 29.6 Å². The molecule has 2 aliphatic heterocycles. The van der Waals surface area contributed by atoms with Crippen LogP contribution in [0.15, 0.2) is 23.2 Å². The number of carbonyl (C=O) groups is 1. The largest absolute Gasteiger partial charge is 0.331 e. The number of carbonyl (C=O) groups excluding carboxylic acids is 1. The van der Waals surface area contributed by atoms with Crippen LogP contribution in [0.2, 0.25) is 0 Å². The van der Waals surface area contributed by atoms with Gasteiger partial charge < -0.3 is 4.90 Å². The Kier molecular flexibility index (Phi) is 2.06. The smallest absolute Gasteiger partial charge is 0.256 e. The molecule has 0 saturated carbocycles. The van der Waals surface area contributed by atoms with Gasteiger partial charge in [0.25, 0.3) is 5.91 Å². The molecule has 1 amide bonds. The molecule has 0 bridgehead atoms. The summed E-state index contributed by atoms with van der Waals surface area (Å²) in [5, 5.41) is 0. The van der Waals surface area contributed by atoms with E-state index in [4.69, 9.17) is 0 Å². The van der Waals surface area contributed by atoms with Crippen molar-refractivity contribution in [3.05, 3.63) is 29.3 Å². The number of aryl methyl sites for hydroxylation is 1. The van der Waals surface area contributed by atoms with Crippen molar-refractivity contribution >= 4 is 17.8 Å². The van der Waals surface area contributed by atoms with E-state index in [2.05, 4.69) is 4.99 Å². The Balaban J connectivity index is 2.12. The molecule has 1 aromatic carbocycles. The monoisotopic (exact) mass is 214 g/mol. The first-order chi connectivity index (χ1) is 7.75. The fourth-order valence-corrected chi connectivity index (χ4v) is 2.45. The van der Waals surface area contributed by atoms with Crippen LogP contribution in [0.5, 0.6) is 0 Å². The summed E-state index contributed by atoms with van der Waals surface area (Å²) in [5.74, 6) is 0.138. The summed E-state index contributed by atoms with van der Waals surface area (Å²) in [5.41, 5.74) is 2.67. The molecule has 2 heterocycles. The second-order valence-corrected chi connectivity index (χ2v) is 4.51. The van der Waals surface area contributed by atoms with Crippen LogP contribution in [0.3, 0.4) is 0 Å². The summed E-state index contributed by atoms with van der Waals surface area (Å²) in [7, 11) is 0. The number of benzene rings is 1. The van der Waals surface area contributed by atoms with Gasteiger partial charge in [-0.3, -0.25) is 9.79 Å². The van der Waals surface area contributed by atoms with Crippen molar-refractivity contribution in [3.8, 4) is 0 Å². The normalized spacial score (nSPS) is 22.9. The standard InChI is InChI=1S/C13H14N2O/c1-9-4-5-12-11(7-9)13(16)15-6-2-3-10(15)8-14-12/h4-5,7-8,10H,2-3,6H2,1H3/t10-/m0/s1. The van der Waals surface area contributed by atoms with Gasteiger partial charge >= 0.3 is 0 Å². The predicted octanol–water partition coefficient (Wildman–Crippen LogP) is 2.32. The van der Waals surface area contributed by atoms with Crippen LogP contribution in [0.1, 0.15) is 28.8 Å². The zero-order valence-electron chi connectivity index (χ0n) is 9.31. The third-order valence-corrected chi connectivity index (χ3v) is 3.33. The Bertz CT molecular complexity index is 479. The van der Waals surface area contributed by atoms with Crippen LogP contribution < -0.4 is 0 Å². The average molecular weight is 214 g/mol. The maximum Gasteiger partial charge on any atom is 0.256 e. The zero-order valence-corrected chi connectivity index (χ0v) is 9.31. The van der Waals surface area contributed by atoms with Gasteiger partial charge in [0.1, 0.15) is 0 Å². The van der Waals surface area contributed by atoms with E-state index in [0.717, 1.165) is 36.2 Å². The highest BCUT2D eigenvalue weighted by atomic mass is 16.2. The van der Waals surface area contributed by atoms with E-state index < -0.39 is 0 Å².